The highest BCUT2D eigenvalue weighted by Gasteiger charge is 2.18. The predicted octanol–water partition coefficient (Wildman–Crippen LogP) is 2.95. The van der Waals surface area contributed by atoms with E-state index >= 15 is 0 Å². The Morgan fingerprint density at radius 1 is 1.33 bits per heavy atom. The molecule has 0 bridgehead atoms. The van der Waals surface area contributed by atoms with Crippen LogP contribution in [0.4, 0.5) is 15.8 Å². The van der Waals surface area contributed by atoms with Gasteiger partial charge in [-0.05, 0) is 31.2 Å². The van der Waals surface area contributed by atoms with Gasteiger partial charge in [-0.3, -0.25) is 19.7 Å². The molecule has 1 N–H and O–H groups in total. The van der Waals surface area contributed by atoms with Crippen LogP contribution in [0.5, 0.6) is 5.75 Å². The van der Waals surface area contributed by atoms with Crippen LogP contribution in [0.3, 0.4) is 0 Å². The van der Waals surface area contributed by atoms with Crippen LogP contribution in [0.25, 0.3) is 0 Å². The molecule has 24 heavy (non-hydrogen) atoms. The Labute approximate surface area is 136 Å². The van der Waals surface area contributed by atoms with Crippen LogP contribution in [-0.4, -0.2) is 23.2 Å². The molecular weight excluding hydrogens is 319 g/mol. The van der Waals surface area contributed by atoms with Crippen molar-refractivity contribution in [2.75, 3.05) is 5.32 Å². The lowest BCUT2D eigenvalue weighted by atomic mass is 10.2. The van der Waals surface area contributed by atoms with E-state index in [1.807, 2.05) is 0 Å². The summed E-state index contributed by atoms with van der Waals surface area (Å²) in [6, 6.07) is 8.80. The average Bonchev–Trinajstić information content (AvgIpc) is 2.54. The number of carbonyl (C=O) groups is 2. The van der Waals surface area contributed by atoms with Crippen molar-refractivity contribution in [1.82, 2.24) is 0 Å². The van der Waals surface area contributed by atoms with Crippen molar-refractivity contribution < 1.29 is 23.6 Å². The van der Waals surface area contributed by atoms with E-state index in [1.54, 1.807) is 0 Å². The van der Waals surface area contributed by atoms with Gasteiger partial charge in [-0.25, -0.2) is 4.39 Å². The van der Waals surface area contributed by atoms with Crippen molar-refractivity contribution in [2.45, 2.75) is 13.0 Å². The number of rotatable bonds is 6. The number of nitrogens with zero attached hydrogens (tertiary/aromatic N) is 1. The monoisotopic (exact) mass is 332 g/mol. The molecule has 0 heterocycles. The molecule has 124 valence electrons. The molecule has 0 unspecified atom stereocenters. The molecule has 0 aliphatic heterocycles. The molecule has 2 aromatic carbocycles. The fourth-order valence-corrected chi connectivity index (χ4v) is 1.90. The van der Waals surface area contributed by atoms with Crippen molar-refractivity contribution in [1.29, 1.82) is 0 Å². The first-order valence-corrected chi connectivity index (χ1v) is 6.87. The standard InChI is InChI=1S/C16H13FN2O5/c1-10(16(21)18-13-4-2-3-12(17)8-13)24-15-6-5-14(19(22)23)7-11(15)9-20/h2-10H,1H3,(H,18,21)/t10-/m1/s1. The molecule has 0 aliphatic rings. The zero-order valence-electron chi connectivity index (χ0n) is 12.6. The number of benzene rings is 2. The Kier molecular flexibility index (Phi) is 5.20. The largest absolute Gasteiger partial charge is 0.480 e. The van der Waals surface area contributed by atoms with E-state index in [0.29, 0.717) is 6.29 Å². The number of aldehydes is 1. The quantitative estimate of drug-likeness (QED) is 0.498. The van der Waals surface area contributed by atoms with Crippen LogP contribution in [0.2, 0.25) is 0 Å². The summed E-state index contributed by atoms with van der Waals surface area (Å²) in [5.41, 5.74) is -0.0503. The lowest BCUT2D eigenvalue weighted by Crippen LogP contribution is -2.30. The lowest BCUT2D eigenvalue weighted by Gasteiger charge is -2.15. The highest BCUT2D eigenvalue weighted by atomic mass is 19.1. The first kappa shape index (κ1) is 17.1. The maximum atomic E-state index is 13.1. The van der Waals surface area contributed by atoms with Gasteiger partial charge < -0.3 is 10.1 Å². The van der Waals surface area contributed by atoms with Crippen LogP contribution in [-0.2, 0) is 4.79 Å². The van der Waals surface area contributed by atoms with Gasteiger partial charge in [0.15, 0.2) is 12.4 Å². The Morgan fingerprint density at radius 2 is 2.08 bits per heavy atom. The second-order valence-corrected chi connectivity index (χ2v) is 4.86. The van der Waals surface area contributed by atoms with Crippen LogP contribution < -0.4 is 10.1 Å². The maximum absolute atomic E-state index is 13.1. The number of ether oxygens (including phenoxy) is 1. The van der Waals surface area contributed by atoms with E-state index in [2.05, 4.69) is 5.32 Å². The number of hydrogen-bond donors (Lipinski definition) is 1. The van der Waals surface area contributed by atoms with Gasteiger partial charge in [0.05, 0.1) is 10.5 Å². The number of nitro groups is 1. The molecule has 1 amide bonds. The first-order chi connectivity index (χ1) is 11.4. The van der Waals surface area contributed by atoms with Crippen molar-refractivity contribution in [3.63, 3.8) is 0 Å². The number of halogens is 1. The fourth-order valence-electron chi connectivity index (χ4n) is 1.90. The zero-order chi connectivity index (χ0) is 17.7. The lowest BCUT2D eigenvalue weighted by molar-refractivity contribution is -0.384. The molecule has 0 aromatic heterocycles. The van der Waals surface area contributed by atoms with Crippen molar-refractivity contribution in [3.8, 4) is 5.75 Å². The minimum absolute atomic E-state index is 0.0393. The Bertz CT molecular complexity index is 794. The molecule has 0 saturated heterocycles. The number of hydrogen-bond acceptors (Lipinski definition) is 5. The number of anilines is 1. The fraction of sp³-hybridized carbons (Fsp3) is 0.125. The number of amides is 1. The van der Waals surface area contributed by atoms with E-state index in [1.165, 1.54) is 37.3 Å². The summed E-state index contributed by atoms with van der Waals surface area (Å²) in [5.74, 6) is -1.02. The SMILES string of the molecule is C[C@@H](Oc1ccc([N+](=O)[O-])cc1C=O)C(=O)Nc1cccc(F)c1. The number of nitro benzene ring substituents is 1. The molecule has 0 spiro atoms. The minimum atomic E-state index is -1.01. The zero-order valence-corrected chi connectivity index (χ0v) is 12.6. The number of non-ortho nitro benzene ring substituents is 1. The molecule has 2 rings (SSSR count). The van der Waals surface area contributed by atoms with Crippen LogP contribution in [0, 0.1) is 15.9 Å². The molecule has 8 heteroatoms. The average molecular weight is 332 g/mol. The third-order valence-electron chi connectivity index (χ3n) is 3.10. The summed E-state index contributed by atoms with van der Waals surface area (Å²) >= 11 is 0. The summed E-state index contributed by atoms with van der Waals surface area (Å²) in [6.07, 6.45) is -0.604. The van der Waals surface area contributed by atoms with E-state index < -0.39 is 22.8 Å². The third kappa shape index (κ3) is 4.13. The van der Waals surface area contributed by atoms with Crippen LogP contribution >= 0.6 is 0 Å². The third-order valence-corrected chi connectivity index (χ3v) is 3.10. The molecule has 2 aromatic rings. The smallest absolute Gasteiger partial charge is 0.270 e. The van der Waals surface area contributed by atoms with E-state index in [9.17, 15) is 24.1 Å². The topological polar surface area (TPSA) is 98.5 Å². The number of nitrogens with one attached hydrogen (secondary N) is 1. The second-order valence-electron chi connectivity index (χ2n) is 4.86. The minimum Gasteiger partial charge on any atom is -0.480 e. The van der Waals surface area contributed by atoms with Crippen molar-refractivity contribution >= 4 is 23.6 Å². The van der Waals surface area contributed by atoms with Gasteiger partial charge in [0.25, 0.3) is 11.6 Å². The Hall–Kier alpha value is -3.29. The summed E-state index contributed by atoms with van der Waals surface area (Å²) in [6.45, 7) is 1.44. The first-order valence-electron chi connectivity index (χ1n) is 6.87. The summed E-state index contributed by atoms with van der Waals surface area (Å²) in [5, 5.41) is 13.2. The van der Waals surface area contributed by atoms with Crippen molar-refractivity contribution in [2.24, 2.45) is 0 Å². The highest BCUT2D eigenvalue weighted by molar-refractivity contribution is 5.94. The summed E-state index contributed by atoms with van der Waals surface area (Å²) in [4.78, 5) is 33.1. The molecule has 1 atom stereocenters. The van der Waals surface area contributed by atoms with Gasteiger partial charge in [0.1, 0.15) is 11.6 Å². The van der Waals surface area contributed by atoms with Crippen molar-refractivity contribution in [3.05, 3.63) is 64.0 Å². The normalized spacial score (nSPS) is 11.4. The highest BCUT2D eigenvalue weighted by Crippen LogP contribution is 2.24. The predicted molar refractivity (Wildman–Crippen MR) is 83.6 cm³/mol. The van der Waals surface area contributed by atoms with Gasteiger partial charge in [0, 0.05) is 17.8 Å². The second kappa shape index (κ2) is 7.32. The Balaban J connectivity index is 2.11. The van der Waals surface area contributed by atoms with Gasteiger partial charge in [-0.15, -0.1) is 0 Å². The summed E-state index contributed by atoms with van der Waals surface area (Å²) in [7, 11) is 0. The molecule has 7 nitrogen and oxygen atoms in total. The molecule has 0 radical (unpaired) electrons. The van der Waals surface area contributed by atoms with Gasteiger partial charge >= 0.3 is 0 Å². The van der Waals surface area contributed by atoms with Gasteiger partial charge in [0.2, 0.25) is 0 Å². The van der Waals surface area contributed by atoms with Gasteiger partial charge in [-0.2, -0.15) is 0 Å². The molecule has 0 fully saturated rings. The van der Waals surface area contributed by atoms with E-state index in [4.69, 9.17) is 4.74 Å². The van der Waals surface area contributed by atoms with E-state index in [0.717, 1.165) is 12.1 Å². The van der Waals surface area contributed by atoms with Crippen LogP contribution in [0.1, 0.15) is 17.3 Å². The summed E-state index contributed by atoms with van der Waals surface area (Å²) < 4.78 is 18.5. The molecule has 0 aliphatic carbocycles. The van der Waals surface area contributed by atoms with Gasteiger partial charge in [-0.1, -0.05) is 6.07 Å². The number of carbonyl (C=O) groups excluding carboxylic acids is 2. The Morgan fingerprint density at radius 3 is 2.71 bits per heavy atom. The maximum Gasteiger partial charge on any atom is 0.270 e. The molecular formula is C16H13FN2O5. The van der Waals surface area contributed by atoms with Crippen LogP contribution in [0.15, 0.2) is 42.5 Å². The molecule has 0 saturated carbocycles. The van der Waals surface area contributed by atoms with E-state index in [-0.39, 0.29) is 22.7 Å².